The highest BCUT2D eigenvalue weighted by atomic mass is 16.6. The second-order valence-corrected chi connectivity index (χ2v) is 8.10. The molecule has 0 radical (unpaired) electrons. The molecule has 0 spiro atoms. The van der Waals surface area contributed by atoms with Gasteiger partial charge >= 0.3 is 0 Å². The summed E-state index contributed by atoms with van der Waals surface area (Å²) in [4.78, 5) is 40.8. The average Bonchev–Trinajstić information content (AvgIpc) is 3.05. The molecule has 1 heterocycles. The molecule has 0 saturated heterocycles. The molecular formula is C26H23N3O4. The highest BCUT2D eigenvalue weighted by Crippen LogP contribution is 2.36. The van der Waals surface area contributed by atoms with Gasteiger partial charge < -0.3 is 4.90 Å². The van der Waals surface area contributed by atoms with Crippen molar-refractivity contribution in [3.63, 3.8) is 0 Å². The van der Waals surface area contributed by atoms with E-state index in [1.165, 1.54) is 29.2 Å². The molecule has 3 aromatic carbocycles. The van der Waals surface area contributed by atoms with E-state index in [-0.39, 0.29) is 17.0 Å². The second-order valence-electron chi connectivity index (χ2n) is 8.10. The molecule has 0 atom stereocenters. The van der Waals surface area contributed by atoms with Crippen molar-refractivity contribution in [2.75, 3.05) is 11.9 Å². The van der Waals surface area contributed by atoms with Crippen molar-refractivity contribution in [3.05, 3.63) is 111 Å². The monoisotopic (exact) mass is 441 g/mol. The molecule has 0 fully saturated rings. The van der Waals surface area contributed by atoms with Crippen molar-refractivity contribution in [1.82, 2.24) is 4.90 Å². The van der Waals surface area contributed by atoms with Gasteiger partial charge in [-0.25, -0.2) is 4.90 Å². The number of carbonyl (C=O) groups is 2. The number of rotatable bonds is 6. The number of non-ortho nitro benzene ring substituents is 1. The Labute approximate surface area is 191 Å². The van der Waals surface area contributed by atoms with Crippen molar-refractivity contribution in [3.8, 4) is 0 Å². The number of benzene rings is 3. The minimum Gasteiger partial charge on any atom is -0.365 e. The molecule has 1 aliphatic rings. The Morgan fingerprint density at radius 2 is 1.58 bits per heavy atom. The molecule has 0 N–H and O–H groups in total. The number of likely N-dealkylation sites (N-methyl/N-ethyl adjacent to an activating group) is 1. The first kappa shape index (κ1) is 22.0. The van der Waals surface area contributed by atoms with Gasteiger partial charge in [-0.1, -0.05) is 48.0 Å². The summed E-state index contributed by atoms with van der Waals surface area (Å²) in [5, 5.41) is 11.1. The molecule has 0 aliphatic carbocycles. The van der Waals surface area contributed by atoms with Gasteiger partial charge in [-0.3, -0.25) is 19.7 Å². The Balaban J connectivity index is 1.82. The Morgan fingerprint density at radius 3 is 2.18 bits per heavy atom. The fraction of sp³-hybridized carbons (Fsp3) is 0.154. The van der Waals surface area contributed by atoms with Gasteiger partial charge in [-0.2, -0.15) is 0 Å². The zero-order chi connectivity index (χ0) is 23.7. The van der Waals surface area contributed by atoms with E-state index in [1.807, 2.05) is 56.3 Å². The number of aryl methyl sites for hydroxylation is 2. The summed E-state index contributed by atoms with van der Waals surface area (Å²) in [7, 11) is 1.77. The summed E-state index contributed by atoms with van der Waals surface area (Å²) in [6.07, 6.45) is 0. The zero-order valence-electron chi connectivity index (χ0n) is 18.6. The van der Waals surface area contributed by atoms with Gasteiger partial charge in [0.25, 0.3) is 17.5 Å². The Kier molecular flexibility index (Phi) is 5.79. The third kappa shape index (κ3) is 4.13. The quantitative estimate of drug-likeness (QED) is 0.316. The molecule has 4 rings (SSSR count). The summed E-state index contributed by atoms with van der Waals surface area (Å²) in [5.74, 6) is -0.866. The molecule has 0 saturated carbocycles. The number of carbonyl (C=O) groups excluding carboxylic acids is 2. The Hall–Kier alpha value is -4.26. The van der Waals surface area contributed by atoms with Gasteiger partial charge in [0, 0.05) is 25.7 Å². The smallest absolute Gasteiger partial charge is 0.282 e. The van der Waals surface area contributed by atoms with Crippen LogP contribution in [0.3, 0.4) is 0 Å². The lowest BCUT2D eigenvalue weighted by Crippen LogP contribution is -2.34. The molecule has 0 bridgehead atoms. The number of hydrogen-bond acceptors (Lipinski definition) is 5. The number of nitrogens with zero attached hydrogens (tertiary/aromatic N) is 3. The summed E-state index contributed by atoms with van der Waals surface area (Å²) < 4.78 is 0. The fourth-order valence-electron chi connectivity index (χ4n) is 4.09. The topological polar surface area (TPSA) is 83.8 Å². The molecule has 7 heteroatoms. The lowest BCUT2D eigenvalue weighted by Gasteiger charge is -2.22. The van der Waals surface area contributed by atoms with Crippen LogP contribution in [-0.2, 0) is 16.1 Å². The van der Waals surface area contributed by atoms with Crippen LogP contribution in [0.5, 0.6) is 0 Å². The van der Waals surface area contributed by atoms with Gasteiger partial charge in [0.2, 0.25) is 0 Å². The maximum Gasteiger partial charge on any atom is 0.282 e. The third-order valence-corrected chi connectivity index (χ3v) is 5.66. The van der Waals surface area contributed by atoms with E-state index >= 15 is 0 Å². The van der Waals surface area contributed by atoms with Crippen LogP contribution >= 0.6 is 0 Å². The first-order valence-electron chi connectivity index (χ1n) is 10.5. The van der Waals surface area contributed by atoms with Gasteiger partial charge in [-0.15, -0.1) is 0 Å². The van der Waals surface area contributed by atoms with E-state index in [0.29, 0.717) is 17.8 Å². The first-order chi connectivity index (χ1) is 15.8. The molecule has 166 valence electrons. The van der Waals surface area contributed by atoms with Gasteiger partial charge in [0.1, 0.15) is 5.70 Å². The van der Waals surface area contributed by atoms with Crippen LogP contribution in [0.1, 0.15) is 22.3 Å². The Bertz CT molecular complexity index is 1280. The van der Waals surface area contributed by atoms with Crippen molar-refractivity contribution in [2.24, 2.45) is 0 Å². The third-order valence-electron chi connectivity index (χ3n) is 5.66. The molecule has 3 aromatic rings. The van der Waals surface area contributed by atoms with Crippen LogP contribution in [0.25, 0.3) is 5.57 Å². The molecule has 0 aromatic heterocycles. The van der Waals surface area contributed by atoms with Crippen LogP contribution in [0, 0.1) is 24.0 Å². The largest absolute Gasteiger partial charge is 0.365 e. The highest BCUT2D eigenvalue weighted by molar-refractivity contribution is 6.45. The summed E-state index contributed by atoms with van der Waals surface area (Å²) in [6.45, 7) is 4.23. The summed E-state index contributed by atoms with van der Waals surface area (Å²) >= 11 is 0. The molecule has 7 nitrogen and oxygen atoms in total. The van der Waals surface area contributed by atoms with Crippen LogP contribution in [0.15, 0.2) is 78.5 Å². The normalized spacial score (nSPS) is 13.6. The molecule has 2 amide bonds. The van der Waals surface area contributed by atoms with Gasteiger partial charge in [0.15, 0.2) is 0 Å². The SMILES string of the molecule is Cc1ccc(N2C(=O)C(c3ccc([N+](=O)[O-])cc3)=C(N(C)Cc3ccccc3)C2=O)c(C)c1. The number of anilines is 1. The van der Waals surface area contributed by atoms with Crippen LogP contribution in [-0.4, -0.2) is 28.7 Å². The maximum absolute atomic E-state index is 13.6. The number of nitro groups is 1. The first-order valence-corrected chi connectivity index (χ1v) is 10.5. The standard InChI is InChI=1S/C26H23N3O4/c1-17-9-14-22(18(2)15-17)28-25(30)23(20-10-12-21(13-11-20)29(32)33)24(26(28)31)27(3)16-19-7-5-4-6-8-19/h4-15H,16H2,1-3H3. The van der Waals surface area contributed by atoms with Crippen molar-refractivity contribution in [1.29, 1.82) is 0 Å². The maximum atomic E-state index is 13.6. The van der Waals surface area contributed by atoms with Gasteiger partial charge in [0.05, 0.1) is 16.2 Å². The average molecular weight is 441 g/mol. The van der Waals surface area contributed by atoms with E-state index in [9.17, 15) is 19.7 Å². The fourth-order valence-corrected chi connectivity index (χ4v) is 4.09. The zero-order valence-corrected chi connectivity index (χ0v) is 18.6. The number of nitro benzene ring substituents is 1. The van der Waals surface area contributed by atoms with Crippen molar-refractivity contribution in [2.45, 2.75) is 20.4 Å². The van der Waals surface area contributed by atoms with E-state index < -0.39 is 16.7 Å². The van der Waals surface area contributed by atoms with E-state index in [1.54, 1.807) is 18.0 Å². The number of hydrogen-bond donors (Lipinski definition) is 0. The van der Waals surface area contributed by atoms with Crippen LogP contribution in [0.2, 0.25) is 0 Å². The van der Waals surface area contributed by atoms with Gasteiger partial charge in [-0.05, 0) is 48.7 Å². The van der Waals surface area contributed by atoms with Crippen LogP contribution < -0.4 is 4.90 Å². The molecule has 33 heavy (non-hydrogen) atoms. The predicted molar refractivity (Wildman–Crippen MR) is 126 cm³/mol. The predicted octanol–water partition coefficient (Wildman–Crippen LogP) is 4.63. The van der Waals surface area contributed by atoms with Crippen molar-refractivity contribution >= 4 is 28.8 Å². The van der Waals surface area contributed by atoms with E-state index in [0.717, 1.165) is 16.7 Å². The molecular weight excluding hydrogens is 418 g/mol. The molecule has 0 unspecified atom stereocenters. The van der Waals surface area contributed by atoms with Crippen LogP contribution in [0.4, 0.5) is 11.4 Å². The minimum atomic E-state index is -0.496. The Morgan fingerprint density at radius 1 is 0.909 bits per heavy atom. The summed E-state index contributed by atoms with van der Waals surface area (Å²) in [6, 6.07) is 20.9. The van der Waals surface area contributed by atoms with E-state index in [4.69, 9.17) is 0 Å². The van der Waals surface area contributed by atoms with Crippen molar-refractivity contribution < 1.29 is 14.5 Å². The lowest BCUT2D eigenvalue weighted by atomic mass is 10.0. The lowest BCUT2D eigenvalue weighted by molar-refractivity contribution is -0.384. The second kappa shape index (κ2) is 8.70. The number of amides is 2. The summed E-state index contributed by atoms with van der Waals surface area (Å²) in [5.41, 5.74) is 4.22. The highest BCUT2D eigenvalue weighted by Gasteiger charge is 2.42. The molecule has 1 aliphatic heterocycles. The van der Waals surface area contributed by atoms with E-state index in [2.05, 4.69) is 0 Å². The minimum absolute atomic E-state index is 0.0819. The number of imide groups is 1.